The van der Waals surface area contributed by atoms with Crippen molar-refractivity contribution in [2.24, 2.45) is 5.92 Å². The van der Waals surface area contributed by atoms with Crippen molar-refractivity contribution >= 4 is 29.3 Å². The Morgan fingerprint density at radius 1 is 1.14 bits per heavy atom. The zero-order chi connectivity index (χ0) is 20.3. The van der Waals surface area contributed by atoms with E-state index < -0.39 is 23.9 Å². The number of Topliss-reactive ketones (excluding diaryl/α,β-unsaturated/α-hetero) is 1. The fraction of sp³-hybridized carbons (Fsp3) is 0.524. The molecule has 7 heteroatoms. The van der Waals surface area contributed by atoms with Crippen molar-refractivity contribution in [3.05, 3.63) is 29.8 Å². The van der Waals surface area contributed by atoms with E-state index in [0.717, 1.165) is 25.7 Å². The van der Waals surface area contributed by atoms with E-state index >= 15 is 0 Å². The van der Waals surface area contributed by atoms with Crippen molar-refractivity contribution in [1.29, 1.82) is 0 Å². The van der Waals surface area contributed by atoms with Crippen molar-refractivity contribution in [3.63, 3.8) is 0 Å². The monoisotopic (exact) mass is 386 g/mol. The van der Waals surface area contributed by atoms with E-state index in [2.05, 4.69) is 5.32 Å². The summed E-state index contributed by atoms with van der Waals surface area (Å²) in [7, 11) is 0. The number of anilines is 1. The zero-order valence-electron chi connectivity index (χ0n) is 16.3. The predicted octanol–water partition coefficient (Wildman–Crippen LogP) is 2.55. The molecule has 150 valence electrons. The molecule has 1 aromatic rings. The van der Waals surface area contributed by atoms with Crippen LogP contribution in [0.4, 0.5) is 5.69 Å². The van der Waals surface area contributed by atoms with E-state index in [4.69, 9.17) is 4.74 Å². The fourth-order valence-electron chi connectivity index (χ4n) is 3.81. The largest absolute Gasteiger partial charge is 0.452 e. The third-order valence-electron chi connectivity index (χ3n) is 5.48. The number of hydrogen-bond donors (Lipinski definition) is 1. The minimum atomic E-state index is -0.976. The van der Waals surface area contributed by atoms with E-state index in [-0.39, 0.29) is 24.2 Å². The number of ketones is 1. The highest BCUT2D eigenvalue weighted by Gasteiger charge is 2.40. The van der Waals surface area contributed by atoms with Gasteiger partial charge in [0.05, 0.1) is 5.92 Å². The summed E-state index contributed by atoms with van der Waals surface area (Å²) in [6, 6.07) is 6.73. The van der Waals surface area contributed by atoms with E-state index in [1.54, 1.807) is 29.2 Å². The van der Waals surface area contributed by atoms with Crippen LogP contribution in [0.2, 0.25) is 0 Å². The summed E-state index contributed by atoms with van der Waals surface area (Å²) in [6.45, 7) is 3.35. The number of rotatable bonds is 6. The lowest BCUT2D eigenvalue weighted by atomic mass is 10.1. The number of nitrogens with zero attached hydrogens (tertiary/aromatic N) is 1. The molecule has 1 aliphatic heterocycles. The first kappa shape index (κ1) is 20.0. The Morgan fingerprint density at radius 2 is 1.79 bits per heavy atom. The van der Waals surface area contributed by atoms with Crippen LogP contribution >= 0.6 is 0 Å². The first-order valence-corrected chi connectivity index (χ1v) is 9.77. The Bertz CT molecular complexity index is 768. The third-order valence-corrected chi connectivity index (χ3v) is 5.48. The van der Waals surface area contributed by atoms with Gasteiger partial charge in [-0.3, -0.25) is 19.2 Å². The fourth-order valence-corrected chi connectivity index (χ4v) is 3.81. The number of amides is 2. The zero-order valence-corrected chi connectivity index (χ0v) is 16.3. The number of hydrogen-bond acceptors (Lipinski definition) is 5. The predicted molar refractivity (Wildman–Crippen MR) is 103 cm³/mol. The number of carbonyl (C=O) groups excluding carboxylic acids is 4. The summed E-state index contributed by atoms with van der Waals surface area (Å²) >= 11 is 0. The Hall–Kier alpha value is -2.70. The number of benzene rings is 1. The van der Waals surface area contributed by atoms with Gasteiger partial charge in [-0.1, -0.05) is 12.8 Å². The molecule has 0 bridgehead atoms. The molecule has 2 amide bonds. The molecule has 0 aromatic heterocycles. The van der Waals surface area contributed by atoms with Crippen molar-refractivity contribution in [2.45, 2.75) is 58.1 Å². The molecule has 1 saturated heterocycles. The molecule has 1 aromatic carbocycles. The van der Waals surface area contributed by atoms with Gasteiger partial charge in [-0.25, -0.2) is 0 Å². The summed E-state index contributed by atoms with van der Waals surface area (Å²) in [5.41, 5.74) is 1.07. The van der Waals surface area contributed by atoms with Gasteiger partial charge in [0, 0.05) is 30.3 Å². The Kier molecular flexibility index (Phi) is 6.11. The molecule has 1 heterocycles. The van der Waals surface area contributed by atoms with Crippen LogP contribution in [-0.2, 0) is 19.1 Å². The van der Waals surface area contributed by atoms with Gasteiger partial charge in [0.2, 0.25) is 5.91 Å². The van der Waals surface area contributed by atoms with Gasteiger partial charge < -0.3 is 15.0 Å². The summed E-state index contributed by atoms with van der Waals surface area (Å²) in [5, 5.41) is 2.66. The first-order valence-electron chi connectivity index (χ1n) is 9.77. The third kappa shape index (κ3) is 4.58. The van der Waals surface area contributed by atoms with E-state index in [9.17, 15) is 19.2 Å². The van der Waals surface area contributed by atoms with Crippen LogP contribution in [0.25, 0.3) is 0 Å². The Balaban J connectivity index is 1.51. The van der Waals surface area contributed by atoms with Gasteiger partial charge in [-0.15, -0.1) is 0 Å². The van der Waals surface area contributed by atoms with Gasteiger partial charge in [0.25, 0.3) is 5.91 Å². The molecule has 0 radical (unpaired) electrons. The molecule has 1 saturated carbocycles. The van der Waals surface area contributed by atoms with E-state index in [0.29, 0.717) is 17.8 Å². The van der Waals surface area contributed by atoms with Gasteiger partial charge in [-0.05, 0) is 51.0 Å². The molecule has 0 unspecified atom stereocenters. The second kappa shape index (κ2) is 8.54. The van der Waals surface area contributed by atoms with Crippen LogP contribution in [0, 0.1) is 5.92 Å². The van der Waals surface area contributed by atoms with Gasteiger partial charge >= 0.3 is 5.97 Å². The number of carbonyl (C=O) groups is 4. The van der Waals surface area contributed by atoms with Crippen molar-refractivity contribution in [3.8, 4) is 0 Å². The number of ether oxygens (including phenoxy) is 1. The Labute approximate surface area is 164 Å². The molecule has 1 N–H and O–H groups in total. The maximum absolute atomic E-state index is 12.4. The number of likely N-dealkylation sites (tertiary alicyclic amines) is 1. The van der Waals surface area contributed by atoms with E-state index in [1.165, 1.54) is 13.8 Å². The highest BCUT2D eigenvalue weighted by molar-refractivity contribution is 5.97. The lowest BCUT2D eigenvalue weighted by molar-refractivity contribution is -0.157. The SMILES string of the molecule is CC(=O)c1ccc(NC(=O)[C@H](C)OC(=O)[C@H]2CC(=O)N(C3CCCC3)C2)cc1. The molecule has 2 fully saturated rings. The minimum Gasteiger partial charge on any atom is -0.452 e. The van der Waals surface area contributed by atoms with Crippen LogP contribution in [0.5, 0.6) is 0 Å². The van der Waals surface area contributed by atoms with Gasteiger partial charge in [-0.2, -0.15) is 0 Å². The van der Waals surface area contributed by atoms with Crippen LogP contribution in [-0.4, -0.2) is 47.2 Å². The topological polar surface area (TPSA) is 92.8 Å². The molecular weight excluding hydrogens is 360 g/mol. The van der Waals surface area contributed by atoms with Crippen LogP contribution < -0.4 is 5.32 Å². The smallest absolute Gasteiger partial charge is 0.312 e. The van der Waals surface area contributed by atoms with Crippen molar-refractivity contribution in [2.75, 3.05) is 11.9 Å². The second-order valence-corrected chi connectivity index (χ2v) is 7.59. The molecule has 2 aliphatic rings. The average Bonchev–Trinajstić information content (AvgIpc) is 3.31. The first-order chi connectivity index (χ1) is 13.3. The highest BCUT2D eigenvalue weighted by atomic mass is 16.5. The van der Waals surface area contributed by atoms with Crippen molar-refractivity contribution in [1.82, 2.24) is 4.90 Å². The van der Waals surface area contributed by atoms with Gasteiger partial charge in [0.1, 0.15) is 0 Å². The lowest BCUT2D eigenvalue weighted by Gasteiger charge is -2.24. The number of esters is 1. The average molecular weight is 386 g/mol. The maximum Gasteiger partial charge on any atom is 0.312 e. The normalized spacial score (nSPS) is 20.9. The molecule has 3 rings (SSSR count). The molecular formula is C21H26N2O5. The highest BCUT2D eigenvalue weighted by Crippen LogP contribution is 2.30. The summed E-state index contributed by atoms with van der Waals surface area (Å²) in [5.74, 6) is -1.54. The lowest BCUT2D eigenvalue weighted by Crippen LogP contribution is -2.36. The molecule has 28 heavy (non-hydrogen) atoms. The molecule has 0 spiro atoms. The molecule has 1 aliphatic carbocycles. The maximum atomic E-state index is 12.4. The summed E-state index contributed by atoms with van der Waals surface area (Å²) < 4.78 is 5.31. The van der Waals surface area contributed by atoms with Crippen LogP contribution in [0.15, 0.2) is 24.3 Å². The van der Waals surface area contributed by atoms with Crippen LogP contribution in [0.1, 0.15) is 56.3 Å². The summed E-state index contributed by atoms with van der Waals surface area (Å²) in [6.07, 6.45) is 3.40. The summed E-state index contributed by atoms with van der Waals surface area (Å²) in [4.78, 5) is 50.0. The molecule has 7 nitrogen and oxygen atoms in total. The van der Waals surface area contributed by atoms with Crippen LogP contribution in [0.3, 0.4) is 0 Å². The van der Waals surface area contributed by atoms with E-state index in [1.807, 2.05) is 0 Å². The second-order valence-electron chi connectivity index (χ2n) is 7.59. The van der Waals surface area contributed by atoms with Gasteiger partial charge in [0.15, 0.2) is 11.9 Å². The minimum absolute atomic E-state index is 0.00323. The molecule has 2 atom stereocenters. The van der Waals surface area contributed by atoms with Crippen molar-refractivity contribution < 1.29 is 23.9 Å². The quantitative estimate of drug-likeness (QED) is 0.599. The Morgan fingerprint density at radius 3 is 2.39 bits per heavy atom. The standard InChI is InChI=1S/C21H26N2O5/c1-13(24)15-7-9-17(10-8-15)22-20(26)14(2)28-21(27)16-11-19(25)23(12-16)18-5-3-4-6-18/h7-10,14,16,18H,3-6,11-12H2,1-2H3,(H,22,26)/t14-,16-/m0/s1. The number of nitrogens with one attached hydrogen (secondary N) is 1.